The normalized spacial score (nSPS) is 20.9. The molecule has 1 aromatic rings. The summed E-state index contributed by atoms with van der Waals surface area (Å²) in [6.45, 7) is 5.55. The van der Waals surface area contributed by atoms with E-state index in [4.69, 9.17) is 0 Å². The largest absolute Gasteiger partial charge is 0.322 e. The summed E-state index contributed by atoms with van der Waals surface area (Å²) in [6, 6.07) is 8.42. The van der Waals surface area contributed by atoms with Crippen molar-refractivity contribution >= 4 is 17.7 Å². The zero-order chi connectivity index (χ0) is 13.8. The van der Waals surface area contributed by atoms with E-state index in [0.29, 0.717) is 12.5 Å². The van der Waals surface area contributed by atoms with E-state index < -0.39 is 0 Å². The van der Waals surface area contributed by atoms with E-state index in [2.05, 4.69) is 49.7 Å². The lowest BCUT2D eigenvalue weighted by atomic mass is 10.1. The number of hydrogen-bond donors (Lipinski definition) is 1. The number of carbonyl (C=O) groups is 1. The Labute approximate surface area is 119 Å². The summed E-state index contributed by atoms with van der Waals surface area (Å²) in [5, 5.41) is 3.31. The average Bonchev–Trinajstić information content (AvgIpc) is 2.73. The maximum absolute atomic E-state index is 12.0. The topological polar surface area (TPSA) is 32.3 Å². The molecule has 0 spiro atoms. The predicted molar refractivity (Wildman–Crippen MR) is 81.2 cm³/mol. The minimum Gasteiger partial charge on any atom is -0.322 e. The van der Waals surface area contributed by atoms with E-state index in [-0.39, 0.29) is 12.1 Å². The van der Waals surface area contributed by atoms with Crippen molar-refractivity contribution in [3.8, 4) is 0 Å². The van der Waals surface area contributed by atoms with Crippen molar-refractivity contribution in [2.24, 2.45) is 5.92 Å². The standard InChI is InChI=1S/C15H22N2OS/c1-11-4-6-13(7-5-11)15-16-8-14(18)17(15)9-12(2)10-19-3/h4-7,12,15-16H,8-10H2,1-3H3. The zero-order valence-electron chi connectivity index (χ0n) is 11.8. The monoisotopic (exact) mass is 278 g/mol. The van der Waals surface area contributed by atoms with E-state index in [1.165, 1.54) is 11.1 Å². The first-order valence-electron chi connectivity index (χ1n) is 6.70. The van der Waals surface area contributed by atoms with E-state index >= 15 is 0 Å². The molecule has 0 aliphatic carbocycles. The summed E-state index contributed by atoms with van der Waals surface area (Å²) < 4.78 is 0. The van der Waals surface area contributed by atoms with Gasteiger partial charge in [-0.05, 0) is 30.4 Å². The third-order valence-corrected chi connectivity index (χ3v) is 4.33. The van der Waals surface area contributed by atoms with Crippen LogP contribution in [0.1, 0.15) is 24.2 Å². The van der Waals surface area contributed by atoms with Crippen molar-refractivity contribution in [1.82, 2.24) is 10.2 Å². The van der Waals surface area contributed by atoms with Crippen LogP contribution in [-0.2, 0) is 4.79 Å². The first-order valence-corrected chi connectivity index (χ1v) is 8.09. The van der Waals surface area contributed by atoms with Gasteiger partial charge in [0.05, 0.1) is 6.54 Å². The average molecular weight is 278 g/mol. The second-order valence-electron chi connectivity index (χ2n) is 5.30. The molecule has 0 radical (unpaired) electrons. The van der Waals surface area contributed by atoms with E-state index in [1.54, 1.807) is 0 Å². The van der Waals surface area contributed by atoms with Gasteiger partial charge < -0.3 is 4.90 Å². The Morgan fingerprint density at radius 1 is 1.42 bits per heavy atom. The Balaban J connectivity index is 2.10. The molecule has 0 saturated carbocycles. The number of nitrogens with zero attached hydrogens (tertiary/aromatic N) is 1. The molecule has 104 valence electrons. The summed E-state index contributed by atoms with van der Waals surface area (Å²) in [5.74, 6) is 1.81. The molecule has 0 aromatic heterocycles. The summed E-state index contributed by atoms with van der Waals surface area (Å²) in [7, 11) is 0. The van der Waals surface area contributed by atoms with Crippen LogP contribution in [0.5, 0.6) is 0 Å². The molecule has 0 bridgehead atoms. The van der Waals surface area contributed by atoms with E-state index in [0.717, 1.165) is 12.3 Å². The van der Waals surface area contributed by atoms with Crippen LogP contribution in [0, 0.1) is 12.8 Å². The first-order chi connectivity index (χ1) is 9.11. The number of thioether (sulfide) groups is 1. The van der Waals surface area contributed by atoms with Crippen LogP contribution in [0.4, 0.5) is 0 Å². The van der Waals surface area contributed by atoms with Crippen molar-refractivity contribution in [3.05, 3.63) is 35.4 Å². The van der Waals surface area contributed by atoms with Crippen LogP contribution < -0.4 is 5.32 Å². The Morgan fingerprint density at radius 2 is 2.11 bits per heavy atom. The number of rotatable bonds is 5. The lowest BCUT2D eigenvalue weighted by molar-refractivity contribution is -0.128. The van der Waals surface area contributed by atoms with E-state index in [1.807, 2.05) is 16.7 Å². The highest BCUT2D eigenvalue weighted by atomic mass is 32.2. The molecule has 1 N–H and O–H groups in total. The van der Waals surface area contributed by atoms with Gasteiger partial charge in [0.2, 0.25) is 5.91 Å². The summed E-state index contributed by atoms with van der Waals surface area (Å²) in [4.78, 5) is 14.0. The smallest absolute Gasteiger partial charge is 0.238 e. The zero-order valence-corrected chi connectivity index (χ0v) is 12.7. The number of benzene rings is 1. The summed E-state index contributed by atoms with van der Waals surface area (Å²) in [6.07, 6.45) is 2.15. The second kappa shape index (κ2) is 6.44. The Hall–Kier alpha value is -1.00. The molecule has 3 nitrogen and oxygen atoms in total. The lowest BCUT2D eigenvalue weighted by Crippen LogP contribution is -2.34. The third-order valence-electron chi connectivity index (χ3n) is 3.43. The lowest BCUT2D eigenvalue weighted by Gasteiger charge is -2.27. The van der Waals surface area contributed by atoms with Crippen LogP contribution in [0.25, 0.3) is 0 Å². The quantitative estimate of drug-likeness (QED) is 0.898. The maximum Gasteiger partial charge on any atom is 0.238 e. The van der Waals surface area contributed by atoms with Gasteiger partial charge >= 0.3 is 0 Å². The number of amides is 1. The minimum atomic E-state index is 0.0393. The van der Waals surface area contributed by atoms with E-state index in [9.17, 15) is 4.79 Å². The Bertz CT molecular complexity index is 432. The molecule has 1 saturated heterocycles. The van der Waals surface area contributed by atoms with Crippen molar-refractivity contribution in [3.63, 3.8) is 0 Å². The number of hydrogen-bond acceptors (Lipinski definition) is 3. The number of carbonyl (C=O) groups excluding carboxylic acids is 1. The van der Waals surface area contributed by atoms with Gasteiger partial charge in [-0.3, -0.25) is 10.1 Å². The predicted octanol–water partition coefficient (Wildman–Crippen LogP) is 2.42. The fourth-order valence-corrected chi connectivity index (χ4v) is 3.14. The molecule has 1 aliphatic heterocycles. The molecule has 1 amide bonds. The van der Waals surface area contributed by atoms with Crippen molar-refractivity contribution < 1.29 is 4.79 Å². The van der Waals surface area contributed by atoms with Gasteiger partial charge in [0.25, 0.3) is 0 Å². The fourth-order valence-electron chi connectivity index (χ4n) is 2.47. The first kappa shape index (κ1) is 14.4. The molecule has 1 aromatic carbocycles. The fraction of sp³-hybridized carbons (Fsp3) is 0.533. The third kappa shape index (κ3) is 3.51. The van der Waals surface area contributed by atoms with Gasteiger partial charge in [0, 0.05) is 6.54 Å². The molecule has 19 heavy (non-hydrogen) atoms. The van der Waals surface area contributed by atoms with Gasteiger partial charge in [-0.25, -0.2) is 0 Å². The molecule has 2 atom stereocenters. The van der Waals surface area contributed by atoms with Gasteiger partial charge in [0.15, 0.2) is 0 Å². The summed E-state index contributed by atoms with van der Waals surface area (Å²) in [5.41, 5.74) is 2.42. The summed E-state index contributed by atoms with van der Waals surface area (Å²) >= 11 is 1.83. The molecule has 2 rings (SSSR count). The van der Waals surface area contributed by atoms with Crippen LogP contribution in [0.2, 0.25) is 0 Å². The highest BCUT2D eigenvalue weighted by Crippen LogP contribution is 2.24. The van der Waals surface area contributed by atoms with Crippen LogP contribution in [0.3, 0.4) is 0 Å². The molecular formula is C15H22N2OS. The molecule has 1 heterocycles. The van der Waals surface area contributed by atoms with Gasteiger partial charge in [-0.15, -0.1) is 0 Å². The van der Waals surface area contributed by atoms with Gasteiger partial charge in [0.1, 0.15) is 6.17 Å². The van der Waals surface area contributed by atoms with Crippen molar-refractivity contribution in [2.75, 3.05) is 25.1 Å². The van der Waals surface area contributed by atoms with Crippen molar-refractivity contribution in [2.45, 2.75) is 20.0 Å². The van der Waals surface area contributed by atoms with Gasteiger partial charge in [-0.2, -0.15) is 11.8 Å². The highest BCUT2D eigenvalue weighted by Gasteiger charge is 2.32. The Morgan fingerprint density at radius 3 is 2.74 bits per heavy atom. The Kier molecular flexibility index (Phi) is 4.88. The minimum absolute atomic E-state index is 0.0393. The SMILES string of the molecule is CSCC(C)CN1C(=O)CNC1c1ccc(C)cc1. The number of nitrogens with one attached hydrogen (secondary N) is 1. The second-order valence-corrected chi connectivity index (χ2v) is 6.21. The van der Waals surface area contributed by atoms with Crippen LogP contribution in [-0.4, -0.2) is 35.9 Å². The molecule has 4 heteroatoms. The molecule has 1 fully saturated rings. The van der Waals surface area contributed by atoms with Gasteiger partial charge in [-0.1, -0.05) is 36.8 Å². The molecular weight excluding hydrogens is 256 g/mol. The van der Waals surface area contributed by atoms with Crippen molar-refractivity contribution in [1.29, 1.82) is 0 Å². The maximum atomic E-state index is 12.0. The van der Waals surface area contributed by atoms with Crippen LogP contribution >= 0.6 is 11.8 Å². The molecule has 1 aliphatic rings. The number of aryl methyl sites for hydroxylation is 1. The van der Waals surface area contributed by atoms with Crippen LogP contribution in [0.15, 0.2) is 24.3 Å². The molecule has 2 unspecified atom stereocenters. The highest BCUT2D eigenvalue weighted by molar-refractivity contribution is 7.98.